The number of amides is 1. The summed E-state index contributed by atoms with van der Waals surface area (Å²) in [6.07, 6.45) is 5.28. The van der Waals surface area contributed by atoms with E-state index in [4.69, 9.17) is 11.6 Å². The van der Waals surface area contributed by atoms with Crippen molar-refractivity contribution in [2.24, 2.45) is 0 Å². The fourth-order valence-corrected chi connectivity index (χ4v) is 3.19. The van der Waals surface area contributed by atoms with Crippen molar-refractivity contribution in [1.29, 1.82) is 0 Å². The van der Waals surface area contributed by atoms with Crippen LogP contribution in [0, 0.1) is 5.82 Å². The molecule has 1 amide bonds. The van der Waals surface area contributed by atoms with E-state index < -0.39 is 11.7 Å². The van der Waals surface area contributed by atoms with Gasteiger partial charge in [0.15, 0.2) is 0 Å². The van der Waals surface area contributed by atoms with Crippen LogP contribution < -0.4 is 10.2 Å². The zero-order chi connectivity index (χ0) is 16.9. The van der Waals surface area contributed by atoms with Crippen LogP contribution in [-0.4, -0.2) is 24.0 Å². The normalized spacial score (nSPS) is 14.5. The van der Waals surface area contributed by atoms with Gasteiger partial charge in [-0.25, -0.2) is 9.37 Å². The topological polar surface area (TPSA) is 45.2 Å². The van der Waals surface area contributed by atoms with E-state index in [9.17, 15) is 9.18 Å². The van der Waals surface area contributed by atoms with Gasteiger partial charge in [0.05, 0.1) is 10.6 Å². The van der Waals surface area contributed by atoms with Gasteiger partial charge in [0, 0.05) is 31.4 Å². The third-order valence-corrected chi connectivity index (χ3v) is 4.47. The first-order chi connectivity index (χ1) is 11.7. The molecule has 1 aromatic heterocycles. The van der Waals surface area contributed by atoms with E-state index in [2.05, 4.69) is 15.2 Å². The van der Waals surface area contributed by atoms with Crippen molar-refractivity contribution >= 4 is 23.3 Å². The molecule has 1 aromatic carbocycles. The Kier molecular flexibility index (Phi) is 5.30. The minimum Gasteiger partial charge on any atom is -0.356 e. The third kappa shape index (κ3) is 3.67. The molecule has 0 unspecified atom stereocenters. The minimum atomic E-state index is -0.623. The molecule has 1 N–H and O–H groups in total. The summed E-state index contributed by atoms with van der Waals surface area (Å²) in [7, 11) is 0. The number of benzene rings is 1. The predicted molar refractivity (Wildman–Crippen MR) is 92.9 cm³/mol. The van der Waals surface area contributed by atoms with Gasteiger partial charge in [0.25, 0.3) is 5.91 Å². The summed E-state index contributed by atoms with van der Waals surface area (Å²) in [5.41, 5.74) is 0.794. The summed E-state index contributed by atoms with van der Waals surface area (Å²) in [6.45, 7) is 2.22. The van der Waals surface area contributed by atoms with Crippen molar-refractivity contribution in [2.75, 3.05) is 18.0 Å². The van der Waals surface area contributed by atoms with Crippen molar-refractivity contribution < 1.29 is 9.18 Å². The number of carbonyl (C=O) groups excluding carboxylic acids is 1. The lowest BCUT2D eigenvalue weighted by atomic mass is 10.1. The highest BCUT2D eigenvalue weighted by atomic mass is 35.5. The Morgan fingerprint density at radius 2 is 2.00 bits per heavy atom. The smallest absolute Gasteiger partial charge is 0.256 e. The highest BCUT2D eigenvalue weighted by molar-refractivity contribution is 6.33. The molecule has 2 heterocycles. The summed E-state index contributed by atoms with van der Waals surface area (Å²) in [5.74, 6) is -0.258. The van der Waals surface area contributed by atoms with Crippen molar-refractivity contribution in [3.05, 3.63) is 58.5 Å². The molecule has 1 saturated heterocycles. The zero-order valence-corrected chi connectivity index (χ0v) is 14.0. The van der Waals surface area contributed by atoms with Gasteiger partial charge in [-0.1, -0.05) is 23.7 Å². The van der Waals surface area contributed by atoms with E-state index in [1.54, 1.807) is 6.20 Å². The maximum Gasteiger partial charge on any atom is 0.256 e. The Balaban J connectivity index is 1.74. The number of hydrogen-bond acceptors (Lipinski definition) is 3. The minimum absolute atomic E-state index is 0.106. The van der Waals surface area contributed by atoms with E-state index >= 15 is 0 Å². The highest BCUT2D eigenvalue weighted by Crippen LogP contribution is 2.22. The maximum atomic E-state index is 13.8. The van der Waals surface area contributed by atoms with Crippen LogP contribution in [0.2, 0.25) is 5.02 Å². The summed E-state index contributed by atoms with van der Waals surface area (Å²) in [5, 5.41) is 2.85. The molecule has 0 bridgehead atoms. The number of nitrogens with one attached hydrogen (secondary N) is 1. The van der Waals surface area contributed by atoms with Gasteiger partial charge in [-0.05, 0) is 37.5 Å². The van der Waals surface area contributed by atoms with E-state index in [0.717, 1.165) is 37.3 Å². The predicted octanol–water partition coefficient (Wildman–Crippen LogP) is 3.79. The van der Waals surface area contributed by atoms with Crippen LogP contribution in [0.5, 0.6) is 0 Å². The molecule has 0 spiro atoms. The number of hydrogen-bond donors (Lipinski definition) is 1. The molecule has 4 nitrogen and oxygen atoms in total. The Bertz CT molecular complexity index is 712. The Morgan fingerprint density at radius 1 is 1.21 bits per heavy atom. The first kappa shape index (κ1) is 16.7. The first-order valence-corrected chi connectivity index (χ1v) is 8.45. The molecular formula is C18H19ClFN3O. The molecule has 3 rings (SSSR count). The van der Waals surface area contributed by atoms with E-state index in [1.165, 1.54) is 24.6 Å². The fraction of sp³-hybridized carbons (Fsp3) is 0.333. The van der Waals surface area contributed by atoms with Gasteiger partial charge in [-0.15, -0.1) is 0 Å². The standard InChI is InChI=1S/C18H19ClFN3O/c19-14-7-4-8-15(20)16(14)18(24)22-12-13-6-5-9-21-17(13)23-10-2-1-3-11-23/h4-9H,1-3,10-12H2,(H,22,24). The lowest BCUT2D eigenvalue weighted by Gasteiger charge is -2.29. The molecule has 1 fully saturated rings. The van der Waals surface area contributed by atoms with Gasteiger partial charge >= 0.3 is 0 Å². The molecule has 0 saturated carbocycles. The number of rotatable bonds is 4. The summed E-state index contributed by atoms with van der Waals surface area (Å²) in [4.78, 5) is 19.0. The molecule has 6 heteroatoms. The fourth-order valence-electron chi connectivity index (χ4n) is 2.94. The van der Waals surface area contributed by atoms with Gasteiger partial charge in [-0.3, -0.25) is 4.79 Å². The van der Waals surface area contributed by atoms with Crippen LogP contribution in [0.3, 0.4) is 0 Å². The van der Waals surface area contributed by atoms with Crippen molar-refractivity contribution in [3.63, 3.8) is 0 Å². The molecule has 0 aliphatic carbocycles. The van der Waals surface area contributed by atoms with Crippen molar-refractivity contribution in [2.45, 2.75) is 25.8 Å². The molecule has 0 radical (unpaired) electrons. The average Bonchev–Trinajstić information content (AvgIpc) is 2.61. The van der Waals surface area contributed by atoms with Gasteiger partial charge < -0.3 is 10.2 Å². The average molecular weight is 348 g/mol. The van der Waals surface area contributed by atoms with Gasteiger partial charge in [0.1, 0.15) is 11.6 Å². The lowest BCUT2D eigenvalue weighted by molar-refractivity contribution is 0.0947. The SMILES string of the molecule is O=C(NCc1cccnc1N1CCCCC1)c1c(F)cccc1Cl. The van der Waals surface area contributed by atoms with E-state index in [1.807, 2.05) is 12.1 Å². The van der Waals surface area contributed by atoms with E-state index in [0.29, 0.717) is 0 Å². The summed E-state index contributed by atoms with van der Waals surface area (Å²) < 4.78 is 13.8. The van der Waals surface area contributed by atoms with Crippen LogP contribution in [0.15, 0.2) is 36.5 Å². The second-order valence-electron chi connectivity index (χ2n) is 5.81. The first-order valence-electron chi connectivity index (χ1n) is 8.08. The van der Waals surface area contributed by atoms with Gasteiger partial charge in [-0.2, -0.15) is 0 Å². The summed E-state index contributed by atoms with van der Waals surface area (Å²) >= 11 is 5.94. The number of pyridine rings is 1. The van der Waals surface area contributed by atoms with Crippen LogP contribution in [0.4, 0.5) is 10.2 Å². The summed E-state index contributed by atoms with van der Waals surface area (Å²) in [6, 6.07) is 7.97. The zero-order valence-electron chi connectivity index (χ0n) is 13.3. The molecule has 0 atom stereocenters. The monoisotopic (exact) mass is 347 g/mol. The quantitative estimate of drug-likeness (QED) is 0.915. The number of anilines is 1. The number of piperidine rings is 1. The number of carbonyl (C=O) groups is 1. The second kappa shape index (κ2) is 7.62. The number of aromatic nitrogens is 1. The Morgan fingerprint density at radius 3 is 2.75 bits per heavy atom. The molecular weight excluding hydrogens is 329 g/mol. The van der Waals surface area contributed by atoms with Gasteiger partial charge in [0.2, 0.25) is 0 Å². The lowest BCUT2D eigenvalue weighted by Crippen LogP contribution is -2.32. The third-order valence-electron chi connectivity index (χ3n) is 4.15. The molecule has 1 aliphatic rings. The number of nitrogens with zero attached hydrogens (tertiary/aromatic N) is 2. The van der Waals surface area contributed by atoms with Crippen LogP contribution in [-0.2, 0) is 6.54 Å². The second-order valence-corrected chi connectivity index (χ2v) is 6.22. The molecule has 1 aliphatic heterocycles. The highest BCUT2D eigenvalue weighted by Gasteiger charge is 2.18. The van der Waals surface area contributed by atoms with Crippen LogP contribution >= 0.6 is 11.6 Å². The largest absolute Gasteiger partial charge is 0.356 e. The Hall–Kier alpha value is -2.14. The van der Waals surface area contributed by atoms with Crippen molar-refractivity contribution in [1.82, 2.24) is 10.3 Å². The maximum absolute atomic E-state index is 13.8. The molecule has 24 heavy (non-hydrogen) atoms. The Labute approximate surface area is 145 Å². The van der Waals surface area contributed by atoms with Crippen LogP contribution in [0.1, 0.15) is 35.2 Å². The number of halogens is 2. The molecule has 2 aromatic rings. The molecule has 126 valence electrons. The van der Waals surface area contributed by atoms with Crippen molar-refractivity contribution in [3.8, 4) is 0 Å². The van der Waals surface area contributed by atoms with Crippen LogP contribution in [0.25, 0.3) is 0 Å². The van der Waals surface area contributed by atoms with E-state index in [-0.39, 0.29) is 17.1 Å².